The van der Waals surface area contributed by atoms with Gasteiger partial charge in [0.15, 0.2) is 0 Å². The van der Waals surface area contributed by atoms with Gasteiger partial charge < -0.3 is 0 Å². The highest BCUT2D eigenvalue weighted by atomic mass is 16.1. The molecule has 0 spiro atoms. The highest BCUT2D eigenvalue weighted by molar-refractivity contribution is 5.83. The minimum absolute atomic E-state index is 0.149. The van der Waals surface area contributed by atoms with Gasteiger partial charge in [-0.15, -0.1) is 0 Å². The van der Waals surface area contributed by atoms with Crippen LogP contribution in [0.25, 0.3) is 0 Å². The van der Waals surface area contributed by atoms with Crippen LogP contribution >= 0.6 is 0 Å². The van der Waals surface area contributed by atoms with Crippen molar-refractivity contribution >= 4 is 5.78 Å². The average molecular weight is 265 g/mol. The zero-order chi connectivity index (χ0) is 13.7. The summed E-state index contributed by atoms with van der Waals surface area (Å²) in [5, 5.41) is 0. The van der Waals surface area contributed by atoms with E-state index in [2.05, 4.69) is 11.8 Å². The summed E-state index contributed by atoms with van der Waals surface area (Å²) in [5.74, 6) is 0.441. The number of carbonyl (C=O) groups is 1. The van der Waals surface area contributed by atoms with E-state index in [1.807, 2.05) is 6.92 Å². The largest absolute Gasteiger partial charge is 0.298 e. The first kappa shape index (κ1) is 15.0. The van der Waals surface area contributed by atoms with Crippen LogP contribution in [-0.2, 0) is 4.79 Å². The van der Waals surface area contributed by atoms with E-state index >= 15 is 0 Å². The lowest BCUT2D eigenvalue weighted by molar-refractivity contribution is -0.126. The third kappa shape index (κ3) is 3.81. The summed E-state index contributed by atoms with van der Waals surface area (Å²) in [5.41, 5.74) is 0. The molecule has 1 unspecified atom stereocenters. The van der Waals surface area contributed by atoms with E-state index in [1.165, 1.54) is 64.2 Å². The Morgan fingerprint density at radius 2 is 1.37 bits per heavy atom. The van der Waals surface area contributed by atoms with Crippen LogP contribution in [0.2, 0.25) is 0 Å². The van der Waals surface area contributed by atoms with Crippen molar-refractivity contribution in [2.24, 2.45) is 0 Å². The molecular weight excluding hydrogens is 234 g/mol. The molecule has 0 radical (unpaired) electrons. The molecule has 110 valence electrons. The van der Waals surface area contributed by atoms with Crippen LogP contribution in [-0.4, -0.2) is 28.8 Å². The predicted molar refractivity (Wildman–Crippen MR) is 80.3 cm³/mol. The Balaban J connectivity index is 2.08. The fourth-order valence-corrected chi connectivity index (χ4v) is 4.15. The van der Waals surface area contributed by atoms with Gasteiger partial charge in [-0.1, -0.05) is 45.4 Å². The normalized spacial score (nSPS) is 24.6. The number of hydrogen-bond donors (Lipinski definition) is 0. The van der Waals surface area contributed by atoms with Gasteiger partial charge in [-0.3, -0.25) is 9.69 Å². The topological polar surface area (TPSA) is 20.3 Å². The van der Waals surface area contributed by atoms with Crippen molar-refractivity contribution in [1.82, 2.24) is 4.90 Å². The predicted octanol–water partition coefficient (Wildman–Crippen LogP) is 4.32. The van der Waals surface area contributed by atoms with E-state index in [-0.39, 0.29) is 6.04 Å². The van der Waals surface area contributed by atoms with Gasteiger partial charge in [-0.25, -0.2) is 0 Å². The minimum atomic E-state index is 0.149. The molecule has 2 aliphatic carbocycles. The maximum Gasteiger partial charge on any atom is 0.149 e. The molecular formula is C17H31NO. The summed E-state index contributed by atoms with van der Waals surface area (Å²) < 4.78 is 0. The zero-order valence-electron chi connectivity index (χ0n) is 12.9. The minimum Gasteiger partial charge on any atom is -0.298 e. The van der Waals surface area contributed by atoms with Crippen molar-refractivity contribution in [3.8, 4) is 0 Å². The number of carbonyl (C=O) groups excluding carboxylic acids is 1. The monoisotopic (exact) mass is 265 g/mol. The smallest absolute Gasteiger partial charge is 0.149 e. The van der Waals surface area contributed by atoms with Crippen LogP contribution in [0, 0.1) is 0 Å². The molecule has 0 aromatic rings. The quantitative estimate of drug-likeness (QED) is 0.738. The fourth-order valence-electron chi connectivity index (χ4n) is 4.15. The van der Waals surface area contributed by atoms with Gasteiger partial charge in [0.25, 0.3) is 0 Å². The van der Waals surface area contributed by atoms with Crippen molar-refractivity contribution < 1.29 is 4.79 Å². The van der Waals surface area contributed by atoms with Crippen LogP contribution in [0.1, 0.15) is 84.5 Å². The van der Waals surface area contributed by atoms with Crippen LogP contribution in [0.3, 0.4) is 0 Å². The van der Waals surface area contributed by atoms with Crippen molar-refractivity contribution in [2.45, 2.75) is 103 Å². The van der Waals surface area contributed by atoms with Gasteiger partial charge in [0.05, 0.1) is 6.04 Å². The summed E-state index contributed by atoms with van der Waals surface area (Å²) in [6, 6.07) is 1.51. The number of ketones is 1. The summed E-state index contributed by atoms with van der Waals surface area (Å²) in [6.07, 6.45) is 14.2. The van der Waals surface area contributed by atoms with E-state index in [4.69, 9.17) is 0 Å². The van der Waals surface area contributed by atoms with Gasteiger partial charge in [0.1, 0.15) is 5.78 Å². The molecule has 1 atom stereocenters. The number of nitrogens with zero attached hydrogens (tertiary/aromatic N) is 1. The maximum absolute atomic E-state index is 12.2. The third-order valence-corrected chi connectivity index (χ3v) is 5.25. The van der Waals surface area contributed by atoms with Gasteiger partial charge in [0.2, 0.25) is 0 Å². The van der Waals surface area contributed by atoms with Crippen LogP contribution in [0.4, 0.5) is 0 Å². The lowest BCUT2D eigenvalue weighted by atomic mass is 9.87. The highest BCUT2D eigenvalue weighted by Gasteiger charge is 2.34. The molecule has 0 heterocycles. The highest BCUT2D eigenvalue weighted by Crippen LogP contribution is 2.32. The van der Waals surface area contributed by atoms with Crippen molar-refractivity contribution in [1.29, 1.82) is 0 Å². The molecule has 0 bridgehead atoms. The molecule has 2 aliphatic rings. The number of Topliss-reactive ketones (excluding diaryl/α,β-unsaturated/α-hetero) is 1. The Kier molecular flexibility index (Phi) is 5.87. The Morgan fingerprint density at radius 3 is 1.74 bits per heavy atom. The first-order chi connectivity index (χ1) is 9.24. The Hall–Kier alpha value is -0.370. The third-order valence-electron chi connectivity index (χ3n) is 5.25. The van der Waals surface area contributed by atoms with Gasteiger partial charge >= 0.3 is 0 Å². The average Bonchev–Trinajstić information content (AvgIpc) is 2.49. The Morgan fingerprint density at radius 1 is 0.947 bits per heavy atom. The van der Waals surface area contributed by atoms with E-state index in [0.717, 1.165) is 0 Å². The van der Waals surface area contributed by atoms with Gasteiger partial charge in [0, 0.05) is 18.5 Å². The SMILES string of the molecule is CCC(=O)C(C)N(C1CCCCC1)C1CCCCC1. The lowest BCUT2D eigenvalue weighted by Crippen LogP contribution is -2.52. The zero-order valence-corrected chi connectivity index (χ0v) is 12.9. The second-order valence-electron chi connectivity index (χ2n) is 6.53. The van der Waals surface area contributed by atoms with Crippen LogP contribution in [0.5, 0.6) is 0 Å². The van der Waals surface area contributed by atoms with E-state index in [0.29, 0.717) is 24.3 Å². The van der Waals surface area contributed by atoms with E-state index in [1.54, 1.807) is 0 Å². The first-order valence-electron chi connectivity index (χ1n) is 8.54. The number of hydrogen-bond acceptors (Lipinski definition) is 2. The molecule has 0 N–H and O–H groups in total. The fraction of sp³-hybridized carbons (Fsp3) is 0.941. The first-order valence-corrected chi connectivity index (χ1v) is 8.54. The van der Waals surface area contributed by atoms with Crippen LogP contribution in [0.15, 0.2) is 0 Å². The second-order valence-corrected chi connectivity index (χ2v) is 6.53. The second kappa shape index (κ2) is 7.42. The van der Waals surface area contributed by atoms with Crippen LogP contribution < -0.4 is 0 Å². The molecule has 0 aromatic carbocycles. The lowest BCUT2D eigenvalue weighted by Gasteiger charge is -2.44. The van der Waals surface area contributed by atoms with E-state index in [9.17, 15) is 4.79 Å². The van der Waals surface area contributed by atoms with Crippen molar-refractivity contribution in [2.75, 3.05) is 0 Å². The molecule has 2 rings (SSSR count). The molecule has 2 heteroatoms. The summed E-state index contributed by atoms with van der Waals surface area (Å²) in [6.45, 7) is 4.17. The molecule has 0 aromatic heterocycles. The summed E-state index contributed by atoms with van der Waals surface area (Å²) in [7, 11) is 0. The molecule has 2 saturated carbocycles. The summed E-state index contributed by atoms with van der Waals surface area (Å²) >= 11 is 0. The van der Waals surface area contributed by atoms with E-state index < -0.39 is 0 Å². The number of rotatable bonds is 5. The Bertz CT molecular complexity index is 259. The van der Waals surface area contributed by atoms with Crippen molar-refractivity contribution in [3.63, 3.8) is 0 Å². The molecule has 0 saturated heterocycles. The van der Waals surface area contributed by atoms with Gasteiger partial charge in [-0.2, -0.15) is 0 Å². The maximum atomic E-state index is 12.2. The molecule has 0 amide bonds. The Labute approximate surface area is 118 Å². The standard InChI is InChI=1S/C17H31NO/c1-3-17(19)14(2)18(15-10-6-4-7-11-15)16-12-8-5-9-13-16/h14-16H,3-13H2,1-2H3. The van der Waals surface area contributed by atoms with Crippen molar-refractivity contribution in [3.05, 3.63) is 0 Å². The summed E-state index contributed by atoms with van der Waals surface area (Å²) in [4.78, 5) is 14.8. The molecule has 0 aliphatic heterocycles. The molecule has 19 heavy (non-hydrogen) atoms. The van der Waals surface area contributed by atoms with Gasteiger partial charge in [-0.05, 0) is 32.6 Å². The molecule has 2 fully saturated rings. The molecule has 2 nitrogen and oxygen atoms in total.